The Balaban J connectivity index is 1.77. The minimum atomic E-state index is -0.851. The molecule has 0 spiro atoms. The third-order valence-corrected chi connectivity index (χ3v) is 6.13. The van der Waals surface area contributed by atoms with Crippen LogP contribution in [0.1, 0.15) is 56.4 Å². The highest BCUT2D eigenvalue weighted by Gasteiger charge is 2.30. The van der Waals surface area contributed by atoms with Gasteiger partial charge in [-0.3, -0.25) is 14.4 Å². The zero-order chi connectivity index (χ0) is 25.1. The van der Waals surface area contributed by atoms with E-state index < -0.39 is 18.1 Å². The highest BCUT2D eigenvalue weighted by atomic mass is 16.5. The molecule has 35 heavy (non-hydrogen) atoms. The molecule has 0 bridgehead atoms. The van der Waals surface area contributed by atoms with Crippen LogP contribution in [-0.4, -0.2) is 33.9 Å². The minimum Gasteiger partial charge on any atom is -0.463 e. The lowest BCUT2D eigenvalue weighted by Crippen LogP contribution is -2.39. The number of carbonyl (C=O) groups is 3. The van der Waals surface area contributed by atoms with Crippen LogP contribution in [-0.2, 0) is 37.0 Å². The van der Waals surface area contributed by atoms with Crippen molar-refractivity contribution in [2.45, 2.75) is 58.9 Å². The molecule has 1 unspecified atom stereocenters. The first kappa shape index (κ1) is 24.1. The molecule has 3 aromatic rings. The molecule has 1 amide bonds. The van der Waals surface area contributed by atoms with Crippen molar-refractivity contribution in [1.82, 2.24) is 14.9 Å². The number of fused-ring (bicyclic) bond motifs is 4. The summed E-state index contributed by atoms with van der Waals surface area (Å²) < 4.78 is 12.3. The van der Waals surface area contributed by atoms with Crippen molar-refractivity contribution >= 4 is 29.3 Å². The smallest absolute Gasteiger partial charge is 0.328 e. The Labute approximate surface area is 202 Å². The summed E-state index contributed by atoms with van der Waals surface area (Å²) in [6, 6.07) is 10.7. The number of esters is 1. The first-order chi connectivity index (χ1) is 16.9. The van der Waals surface area contributed by atoms with Gasteiger partial charge in [-0.15, -0.1) is 0 Å². The minimum absolute atomic E-state index is 0.239. The van der Waals surface area contributed by atoms with Crippen molar-refractivity contribution in [2.24, 2.45) is 0 Å². The number of aromatic nitrogens is 2. The highest BCUT2D eigenvalue weighted by Crippen LogP contribution is 2.35. The molecule has 1 aromatic carbocycles. The van der Waals surface area contributed by atoms with Crippen molar-refractivity contribution in [1.29, 1.82) is 0 Å². The number of ether oxygens (including phenoxy) is 2. The van der Waals surface area contributed by atoms with E-state index in [-0.39, 0.29) is 36.5 Å². The number of nitrogens with one attached hydrogen (secondary N) is 1. The number of carbonyl (C=O) groups excluding carboxylic acids is 3. The number of nitrogens with zero attached hydrogens (tertiary/aromatic N) is 2. The predicted octanol–water partition coefficient (Wildman–Crippen LogP) is 3.01. The molecule has 0 saturated heterocycles. The monoisotopic (exact) mass is 477 g/mol. The molecular weight excluding hydrogens is 450 g/mol. The van der Waals surface area contributed by atoms with Gasteiger partial charge in [0, 0.05) is 22.9 Å². The number of hydrogen-bond acceptors (Lipinski definition) is 7. The molecule has 1 N–H and O–H groups in total. The van der Waals surface area contributed by atoms with Gasteiger partial charge in [0.2, 0.25) is 5.91 Å². The fourth-order valence-corrected chi connectivity index (χ4v) is 4.29. The van der Waals surface area contributed by atoms with Gasteiger partial charge in [-0.2, -0.15) is 0 Å². The molecule has 0 saturated carbocycles. The summed E-state index contributed by atoms with van der Waals surface area (Å²) in [5.41, 5.74) is 3.38. The van der Waals surface area contributed by atoms with E-state index in [0.29, 0.717) is 29.9 Å². The summed E-state index contributed by atoms with van der Waals surface area (Å²) in [6.07, 6.45) is -0.170. The molecule has 2 aromatic heterocycles. The Morgan fingerprint density at radius 1 is 1.23 bits per heavy atom. The van der Waals surface area contributed by atoms with Gasteiger partial charge in [-0.1, -0.05) is 32.0 Å². The molecule has 1 aliphatic rings. The van der Waals surface area contributed by atoms with Gasteiger partial charge < -0.3 is 19.4 Å². The first-order valence-corrected chi connectivity index (χ1v) is 11.6. The standard InChI is InChI=1S/C26H27N3O6/c1-4-22(35-26(33)15(3)27-23(31)5-2)18-11-21-24-17(10-16-8-6-7-9-20(16)28-24)12-29(21)25(32)19(18)13-34-14-30/h6-11,14-15,22H,4-5,12-13H2,1-3H3,(H,27,31)/t15?,22-/m0/s1. The maximum Gasteiger partial charge on any atom is 0.328 e. The Morgan fingerprint density at radius 2 is 2.00 bits per heavy atom. The zero-order valence-electron chi connectivity index (χ0n) is 19.9. The summed E-state index contributed by atoms with van der Waals surface area (Å²) >= 11 is 0. The Morgan fingerprint density at radius 3 is 2.71 bits per heavy atom. The fraction of sp³-hybridized carbons (Fsp3) is 0.346. The quantitative estimate of drug-likeness (QED) is 0.291. The lowest BCUT2D eigenvalue weighted by atomic mass is 10.00. The van der Waals surface area contributed by atoms with Crippen molar-refractivity contribution in [3.8, 4) is 11.4 Å². The van der Waals surface area contributed by atoms with E-state index in [1.165, 1.54) is 0 Å². The molecule has 0 aliphatic carbocycles. The van der Waals surface area contributed by atoms with Crippen LogP contribution >= 0.6 is 0 Å². The zero-order valence-corrected chi connectivity index (χ0v) is 19.9. The topological polar surface area (TPSA) is 117 Å². The van der Waals surface area contributed by atoms with Gasteiger partial charge in [0.1, 0.15) is 18.8 Å². The summed E-state index contributed by atoms with van der Waals surface area (Å²) in [6.45, 7) is 5.42. The number of pyridine rings is 2. The lowest BCUT2D eigenvalue weighted by Gasteiger charge is -2.23. The number of amides is 1. The normalized spacial score (nSPS) is 13.5. The van der Waals surface area contributed by atoms with Gasteiger partial charge in [0.05, 0.1) is 29.0 Å². The van der Waals surface area contributed by atoms with E-state index in [0.717, 1.165) is 16.5 Å². The molecule has 0 fully saturated rings. The molecule has 9 heteroatoms. The molecule has 1 aliphatic heterocycles. The van der Waals surface area contributed by atoms with Crippen LogP contribution < -0.4 is 10.9 Å². The van der Waals surface area contributed by atoms with Crippen LogP contribution in [0.25, 0.3) is 22.3 Å². The van der Waals surface area contributed by atoms with E-state index in [4.69, 9.17) is 14.5 Å². The summed E-state index contributed by atoms with van der Waals surface area (Å²) in [7, 11) is 0. The molecular formula is C26H27N3O6. The molecule has 0 radical (unpaired) electrons. The molecule has 2 atom stereocenters. The van der Waals surface area contributed by atoms with E-state index in [1.807, 2.05) is 37.3 Å². The second-order valence-electron chi connectivity index (χ2n) is 8.43. The van der Waals surface area contributed by atoms with E-state index in [2.05, 4.69) is 5.32 Å². The lowest BCUT2D eigenvalue weighted by molar-refractivity contribution is -0.153. The average molecular weight is 478 g/mol. The van der Waals surface area contributed by atoms with E-state index in [9.17, 15) is 19.2 Å². The molecule has 9 nitrogen and oxygen atoms in total. The van der Waals surface area contributed by atoms with Crippen molar-refractivity contribution in [2.75, 3.05) is 0 Å². The van der Waals surface area contributed by atoms with Crippen LogP contribution in [0.5, 0.6) is 0 Å². The SMILES string of the molecule is CCC(=O)NC(C)C(=O)O[C@@H](CC)c1cc2n(c(=O)c1COC=O)Cc1cc3ccccc3nc1-2. The highest BCUT2D eigenvalue weighted by molar-refractivity contribution is 5.85. The maximum absolute atomic E-state index is 13.5. The Kier molecular flexibility index (Phi) is 6.95. The van der Waals surface area contributed by atoms with Crippen molar-refractivity contribution < 1.29 is 23.9 Å². The third-order valence-electron chi connectivity index (χ3n) is 6.13. The molecule has 3 heterocycles. The van der Waals surface area contributed by atoms with Crippen LogP contribution in [0, 0.1) is 0 Å². The largest absolute Gasteiger partial charge is 0.463 e. The Hall–Kier alpha value is -4.01. The number of benzene rings is 1. The van der Waals surface area contributed by atoms with Crippen LogP contribution in [0.4, 0.5) is 0 Å². The third kappa shape index (κ3) is 4.66. The number of rotatable bonds is 9. The molecule has 4 rings (SSSR count). The Bertz CT molecular complexity index is 1360. The van der Waals surface area contributed by atoms with E-state index >= 15 is 0 Å². The van der Waals surface area contributed by atoms with E-state index in [1.54, 1.807) is 24.5 Å². The summed E-state index contributed by atoms with van der Waals surface area (Å²) in [5.74, 6) is -0.890. The van der Waals surface area contributed by atoms with Gasteiger partial charge in [0.25, 0.3) is 12.0 Å². The molecule has 182 valence electrons. The fourth-order valence-electron chi connectivity index (χ4n) is 4.29. The van der Waals surface area contributed by atoms with Gasteiger partial charge >= 0.3 is 5.97 Å². The number of hydrogen-bond donors (Lipinski definition) is 1. The average Bonchev–Trinajstić information content (AvgIpc) is 3.22. The number of para-hydroxylation sites is 1. The van der Waals surface area contributed by atoms with Gasteiger partial charge in [-0.05, 0) is 31.5 Å². The van der Waals surface area contributed by atoms with Crippen molar-refractivity contribution in [3.05, 3.63) is 63.4 Å². The van der Waals surface area contributed by atoms with Crippen LogP contribution in [0.2, 0.25) is 0 Å². The van der Waals surface area contributed by atoms with Crippen LogP contribution in [0.15, 0.2) is 41.2 Å². The predicted molar refractivity (Wildman–Crippen MR) is 128 cm³/mol. The maximum atomic E-state index is 13.5. The summed E-state index contributed by atoms with van der Waals surface area (Å²) in [4.78, 5) is 53.6. The first-order valence-electron chi connectivity index (χ1n) is 11.6. The van der Waals surface area contributed by atoms with Gasteiger partial charge in [-0.25, -0.2) is 9.78 Å². The van der Waals surface area contributed by atoms with Gasteiger partial charge in [0.15, 0.2) is 0 Å². The summed E-state index contributed by atoms with van der Waals surface area (Å²) in [5, 5.41) is 3.55. The second kappa shape index (κ2) is 10.1. The van der Waals surface area contributed by atoms with Crippen molar-refractivity contribution in [3.63, 3.8) is 0 Å². The second-order valence-corrected chi connectivity index (χ2v) is 8.43. The van der Waals surface area contributed by atoms with Crippen LogP contribution in [0.3, 0.4) is 0 Å².